The van der Waals surface area contributed by atoms with Crippen LogP contribution in [0.2, 0.25) is 0 Å². The number of nitrogens with zero attached hydrogens (tertiary/aromatic N) is 4. The van der Waals surface area contributed by atoms with Crippen LogP contribution in [0.1, 0.15) is 12.5 Å². The van der Waals surface area contributed by atoms with Crippen molar-refractivity contribution in [3.8, 4) is 0 Å². The topological polar surface area (TPSA) is 55.8 Å². The molecule has 7 heteroatoms. The van der Waals surface area contributed by atoms with Gasteiger partial charge in [-0.1, -0.05) is 24.3 Å². The lowest BCUT2D eigenvalue weighted by atomic mass is 10.2. The van der Waals surface area contributed by atoms with Gasteiger partial charge in [0, 0.05) is 56.1 Å². The molecule has 0 spiro atoms. The van der Waals surface area contributed by atoms with Crippen molar-refractivity contribution in [1.29, 1.82) is 0 Å². The smallest absolute Gasteiger partial charge is 0.191 e. The fraction of sp³-hybridized carbons (Fsp3) is 0.455. The summed E-state index contributed by atoms with van der Waals surface area (Å²) in [6, 6.07) is 14.7. The highest BCUT2D eigenvalue weighted by Gasteiger charge is 2.14. The summed E-state index contributed by atoms with van der Waals surface area (Å²) in [6.07, 6.45) is 1.95. The standard InChI is InChI=1S/C22H32N6S/c1-3-23-22(24-11-16-29-20-7-5-4-6-8-20)26-18-19-9-10-21(25-17-19)28-14-12-27(2)13-15-28/h4-10,17H,3,11-16,18H2,1-2H3,(H2,23,24,26). The van der Waals surface area contributed by atoms with E-state index in [0.717, 1.165) is 62.4 Å². The second-order valence-corrected chi connectivity index (χ2v) is 8.27. The highest BCUT2D eigenvalue weighted by atomic mass is 32.2. The Balaban J connectivity index is 1.46. The van der Waals surface area contributed by atoms with Crippen molar-refractivity contribution in [1.82, 2.24) is 20.5 Å². The van der Waals surface area contributed by atoms with Gasteiger partial charge in [-0.3, -0.25) is 0 Å². The molecule has 1 aliphatic rings. The Hall–Kier alpha value is -2.25. The van der Waals surface area contributed by atoms with E-state index in [0.29, 0.717) is 6.54 Å². The van der Waals surface area contributed by atoms with Gasteiger partial charge in [0.2, 0.25) is 0 Å². The molecule has 0 amide bonds. The predicted molar refractivity (Wildman–Crippen MR) is 124 cm³/mol. The number of thioether (sulfide) groups is 1. The Morgan fingerprint density at radius 1 is 1.07 bits per heavy atom. The fourth-order valence-electron chi connectivity index (χ4n) is 3.10. The number of guanidine groups is 1. The molecule has 1 aromatic carbocycles. The van der Waals surface area contributed by atoms with Gasteiger partial charge in [0.15, 0.2) is 5.96 Å². The van der Waals surface area contributed by atoms with Crippen LogP contribution in [0.15, 0.2) is 58.5 Å². The number of hydrogen-bond acceptors (Lipinski definition) is 5. The van der Waals surface area contributed by atoms with Crippen LogP contribution in [0.4, 0.5) is 5.82 Å². The Morgan fingerprint density at radius 3 is 2.55 bits per heavy atom. The molecule has 6 nitrogen and oxygen atoms in total. The van der Waals surface area contributed by atoms with Gasteiger partial charge in [0.05, 0.1) is 6.54 Å². The predicted octanol–water partition coefficient (Wildman–Crippen LogP) is 2.68. The van der Waals surface area contributed by atoms with Crippen molar-refractivity contribution >= 4 is 23.5 Å². The summed E-state index contributed by atoms with van der Waals surface area (Å²) >= 11 is 1.85. The van der Waals surface area contributed by atoms with Crippen LogP contribution in [0, 0.1) is 0 Å². The Labute approximate surface area is 178 Å². The molecule has 1 aliphatic heterocycles. The summed E-state index contributed by atoms with van der Waals surface area (Å²) in [5, 5.41) is 6.73. The fourth-order valence-corrected chi connectivity index (χ4v) is 3.89. The molecular formula is C22H32N6S. The van der Waals surface area contributed by atoms with Crippen LogP contribution in [0.3, 0.4) is 0 Å². The van der Waals surface area contributed by atoms with Crippen LogP contribution in [0.25, 0.3) is 0 Å². The summed E-state index contributed by atoms with van der Waals surface area (Å²) in [5.41, 5.74) is 1.12. The highest BCUT2D eigenvalue weighted by Crippen LogP contribution is 2.16. The molecule has 2 aromatic rings. The normalized spacial score (nSPS) is 15.4. The van der Waals surface area contributed by atoms with Gasteiger partial charge in [-0.2, -0.15) is 0 Å². The Morgan fingerprint density at radius 2 is 1.86 bits per heavy atom. The summed E-state index contributed by atoms with van der Waals surface area (Å²) in [4.78, 5) is 15.4. The first-order valence-electron chi connectivity index (χ1n) is 10.3. The monoisotopic (exact) mass is 412 g/mol. The minimum absolute atomic E-state index is 0.622. The van der Waals surface area contributed by atoms with E-state index in [2.05, 4.69) is 75.8 Å². The molecule has 2 heterocycles. The van der Waals surface area contributed by atoms with Gasteiger partial charge in [-0.05, 0) is 37.7 Å². The lowest BCUT2D eigenvalue weighted by Crippen LogP contribution is -2.44. The van der Waals surface area contributed by atoms with Crippen LogP contribution in [-0.2, 0) is 6.54 Å². The quantitative estimate of drug-likeness (QED) is 0.301. The molecule has 1 fully saturated rings. The zero-order valence-electron chi connectivity index (χ0n) is 17.5. The van der Waals surface area contributed by atoms with Crippen molar-refractivity contribution in [2.45, 2.75) is 18.4 Å². The summed E-state index contributed by atoms with van der Waals surface area (Å²) < 4.78 is 0. The van der Waals surface area contributed by atoms with E-state index in [1.807, 2.05) is 24.0 Å². The van der Waals surface area contributed by atoms with Crippen molar-refractivity contribution in [2.24, 2.45) is 4.99 Å². The third-order valence-electron chi connectivity index (χ3n) is 4.81. The van der Waals surface area contributed by atoms with Gasteiger partial charge < -0.3 is 20.4 Å². The minimum Gasteiger partial charge on any atom is -0.357 e. The Bertz CT molecular complexity index is 742. The molecule has 0 atom stereocenters. The zero-order valence-corrected chi connectivity index (χ0v) is 18.3. The second kappa shape index (κ2) is 11.7. The summed E-state index contributed by atoms with van der Waals surface area (Å²) in [7, 11) is 2.17. The van der Waals surface area contributed by atoms with Gasteiger partial charge in [-0.15, -0.1) is 11.8 Å². The van der Waals surface area contributed by atoms with E-state index >= 15 is 0 Å². The van der Waals surface area contributed by atoms with Crippen LogP contribution in [0.5, 0.6) is 0 Å². The van der Waals surface area contributed by atoms with Crippen molar-refractivity contribution in [3.05, 3.63) is 54.2 Å². The number of aliphatic imine (C=N–C) groups is 1. The molecule has 1 saturated heterocycles. The third-order valence-corrected chi connectivity index (χ3v) is 5.82. The Kier molecular flexibility index (Phi) is 8.64. The average molecular weight is 413 g/mol. The molecule has 1 aromatic heterocycles. The molecule has 0 bridgehead atoms. The largest absolute Gasteiger partial charge is 0.357 e. The van der Waals surface area contributed by atoms with E-state index in [9.17, 15) is 0 Å². The lowest BCUT2D eigenvalue weighted by molar-refractivity contribution is 0.312. The van der Waals surface area contributed by atoms with E-state index in [-0.39, 0.29) is 0 Å². The molecule has 3 rings (SSSR count). The molecule has 2 N–H and O–H groups in total. The maximum absolute atomic E-state index is 4.71. The molecule has 0 unspecified atom stereocenters. The minimum atomic E-state index is 0.622. The van der Waals surface area contributed by atoms with Crippen LogP contribution >= 0.6 is 11.8 Å². The number of likely N-dealkylation sites (N-methyl/N-ethyl adjacent to an activating group) is 1. The van der Waals surface area contributed by atoms with E-state index < -0.39 is 0 Å². The molecule has 0 radical (unpaired) electrons. The number of aromatic nitrogens is 1. The van der Waals surface area contributed by atoms with Crippen LogP contribution < -0.4 is 15.5 Å². The molecule has 156 valence electrons. The number of rotatable bonds is 8. The van der Waals surface area contributed by atoms with E-state index in [1.165, 1.54) is 4.90 Å². The molecule has 0 aliphatic carbocycles. The molecular weight excluding hydrogens is 380 g/mol. The first-order valence-corrected chi connectivity index (χ1v) is 11.3. The van der Waals surface area contributed by atoms with E-state index in [4.69, 9.17) is 4.99 Å². The third kappa shape index (κ3) is 7.25. The summed E-state index contributed by atoms with van der Waals surface area (Å²) in [6.45, 7) is 8.68. The lowest BCUT2D eigenvalue weighted by Gasteiger charge is -2.33. The van der Waals surface area contributed by atoms with Gasteiger partial charge in [0.25, 0.3) is 0 Å². The van der Waals surface area contributed by atoms with E-state index in [1.54, 1.807) is 0 Å². The van der Waals surface area contributed by atoms with Crippen molar-refractivity contribution in [2.75, 3.05) is 57.0 Å². The van der Waals surface area contributed by atoms with Crippen molar-refractivity contribution < 1.29 is 0 Å². The first kappa shape index (κ1) is 21.5. The zero-order chi connectivity index (χ0) is 20.3. The number of nitrogens with one attached hydrogen (secondary N) is 2. The second-order valence-electron chi connectivity index (χ2n) is 7.10. The number of piperazine rings is 1. The molecule has 29 heavy (non-hydrogen) atoms. The number of hydrogen-bond donors (Lipinski definition) is 2. The molecule has 0 saturated carbocycles. The first-order chi connectivity index (χ1) is 14.2. The number of anilines is 1. The number of pyridine rings is 1. The maximum Gasteiger partial charge on any atom is 0.191 e. The van der Waals surface area contributed by atoms with Crippen LogP contribution in [-0.4, -0.2) is 67.9 Å². The average Bonchev–Trinajstić information content (AvgIpc) is 2.76. The van der Waals surface area contributed by atoms with Gasteiger partial charge in [0.1, 0.15) is 5.82 Å². The van der Waals surface area contributed by atoms with Gasteiger partial charge in [-0.25, -0.2) is 9.98 Å². The SMILES string of the molecule is CCNC(=NCc1ccc(N2CCN(C)CC2)nc1)NCCSc1ccccc1. The maximum atomic E-state index is 4.71. The van der Waals surface area contributed by atoms with Gasteiger partial charge >= 0.3 is 0 Å². The van der Waals surface area contributed by atoms with Crippen molar-refractivity contribution in [3.63, 3.8) is 0 Å². The summed E-state index contributed by atoms with van der Waals surface area (Å²) in [5.74, 6) is 2.91. The highest BCUT2D eigenvalue weighted by molar-refractivity contribution is 7.99. The number of benzene rings is 1.